The second kappa shape index (κ2) is 9.44. The predicted octanol–water partition coefficient (Wildman–Crippen LogP) is 3.78. The van der Waals surface area contributed by atoms with Crippen LogP contribution in [0.3, 0.4) is 0 Å². The summed E-state index contributed by atoms with van der Waals surface area (Å²) < 4.78 is 32.8. The maximum absolute atomic E-state index is 13.3. The maximum atomic E-state index is 13.3. The summed E-state index contributed by atoms with van der Waals surface area (Å²) in [6.45, 7) is 0. The van der Waals surface area contributed by atoms with E-state index in [1.165, 1.54) is 14.2 Å². The first kappa shape index (κ1) is 23.7. The van der Waals surface area contributed by atoms with E-state index in [-0.39, 0.29) is 23.4 Å². The topological polar surface area (TPSA) is 89.5 Å². The molecule has 0 spiro atoms. The van der Waals surface area contributed by atoms with Gasteiger partial charge in [-0.25, -0.2) is 0 Å². The van der Waals surface area contributed by atoms with E-state index in [9.17, 15) is 9.59 Å². The summed E-state index contributed by atoms with van der Waals surface area (Å²) in [7, 11) is 9.24. The molecule has 182 valence electrons. The van der Waals surface area contributed by atoms with Gasteiger partial charge < -0.3 is 28.4 Å². The minimum absolute atomic E-state index is 0.106. The molecule has 0 heterocycles. The molecule has 2 aliphatic rings. The van der Waals surface area contributed by atoms with Gasteiger partial charge in [-0.2, -0.15) is 0 Å². The third-order valence-electron chi connectivity index (χ3n) is 7.07. The minimum Gasteiger partial charge on any atom is -0.493 e. The Morgan fingerprint density at radius 2 is 0.824 bits per heavy atom. The molecule has 0 unspecified atom stereocenters. The van der Waals surface area contributed by atoms with E-state index < -0.39 is 11.8 Å². The summed E-state index contributed by atoms with van der Waals surface area (Å²) in [5.74, 6) is 2.00. The normalized spacial score (nSPS) is 23.5. The van der Waals surface area contributed by atoms with E-state index in [1.807, 2.05) is 24.3 Å². The number of hydrogen-bond donors (Lipinski definition) is 0. The Labute approximate surface area is 199 Å². The predicted molar refractivity (Wildman–Crippen MR) is 124 cm³/mol. The summed E-state index contributed by atoms with van der Waals surface area (Å²) in [6.07, 6.45) is 0.637. The zero-order valence-corrected chi connectivity index (χ0v) is 20.3. The molecule has 2 aromatic carbocycles. The highest BCUT2D eigenvalue weighted by atomic mass is 16.5. The molecule has 4 rings (SSSR count). The molecule has 2 aromatic rings. The van der Waals surface area contributed by atoms with Crippen LogP contribution in [-0.2, 0) is 9.59 Å². The van der Waals surface area contributed by atoms with Crippen LogP contribution in [0.15, 0.2) is 24.3 Å². The van der Waals surface area contributed by atoms with Gasteiger partial charge in [0.2, 0.25) is 11.5 Å². The summed E-state index contributed by atoms with van der Waals surface area (Å²) in [4.78, 5) is 26.6. The summed E-state index contributed by atoms with van der Waals surface area (Å²) in [5, 5.41) is 0. The highest BCUT2D eigenvalue weighted by Gasteiger charge is 2.54. The van der Waals surface area contributed by atoms with Crippen molar-refractivity contribution in [3.05, 3.63) is 35.4 Å². The van der Waals surface area contributed by atoms with E-state index in [2.05, 4.69) is 0 Å². The second-order valence-electron chi connectivity index (χ2n) is 8.54. The first-order valence-corrected chi connectivity index (χ1v) is 11.1. The quantitative estimate of drug-likeness (QED) is 0.576. The molecule has 0 aromatic heterocycles. The van der Waals surface area contributed by atoms with Crippen molar-refractivity contribution < 1.29 is 38.0 Å². The van der Waals surface area contributed by atoms with Gasteiger partial charge in [0.1, 0.15) is 11.6 Å². The SMILES string of the molecule is COc1cc([C@H]2C(=O)C[C@H]3[C@@H]2CC(=O)[C@@H]3c2cc(OC)c(OC)c(OC)c2)cc(OC)c1OC. The number of ketones is 2. The van der Waals surface area contributed by atoms with Gasteiger partial charge in [0.25, 0.3) is 0 Å². The number of carbonyl (C=O) groups excluding carboxylic acids is 2. The first-order chi connectivity index (χ1) is 16.4. The molecule has 8 nitrogen and oxygen atoms in total. The van der Waals surface area contributed by atoms with Gasteiger partial charge in [0.05, 0.1) is 42.7 Å². The Balaban J connectivity index is 1.74. The Hall–Kier alpha value is -3.42. The fourth-order valence-corrected chi connectivity index (χ4v) is 5.66. The number of ether oxygens (including phenoxy) is 6. The molecule has 0 saturated heterocycles. The highest BCUT2D eigenvalue weighted by Crippen LogP contribution is 2.57. The van der Waals surface area contributed by atoms with E-state index in [4.69, 9.17) is 28.4 Å². The zero-order chi connectivity index (χ0) is 24.6. The van der Waals surface area contributed by atoms with Crippen molar-refractivity contribution in [1.82, 2.24) is 0 Å². The number of carbonyl (C=O) groups is 2. The van der Waals surface area contributed by atoms with Crippen LogP contribution in [0.5, 0.6) is 34.5 Å². The van der Waals surface area contributed by atoms with Crippen molar-refractivity contribution in [3.8, 4) is 34.5 Å². The Morgan fingerprint density at radius 3 is 1.06 bits per heavy atom. The van der Waals surface area contributed by atoms with E-state index in [0.717, 1.165) is 11.1 Å². The molecular formula is C26H30O8. The lowest BCUT2D eigenvalue weighted by atomic mass is 9.83. The van der Waals surface area contributed by atoms with Crippen LogP contribution in [0.4, 0.5) is 0 Å². The maximum Gasteiger partial charge on any atom is 0.203 e. The van der Waals surface area contributed by atoms with E-state index in [0.29, 0.717) is 47.3 Å². The molecule has 2 fully saturated rings. The number of benzene rings is 2. The Bertz CT molecular complexity index is 970. The monoisotopic (exact) mass is 470 g/mol. The Morgan fingerprint density at radius 1 is 0.529 bits per heavy atom. The van der Waals surface area contributed by atoms with Crippen LogP contribution in [0.1, 0.15) is 35.8 Å². The molecule has 0 aliphatic heterocycles. The third-order valence-corrected chi connectivity index (χ3v) is 7.07. The number of Topliss-reactive ketones (excluding diaryl/α,β-unsaturated/α-hetero) is 2. The van der Waals surface area contributed by atoms with Gasteiger partial charge in [0, 0.05) is 24.7 Å². The smallest absolute Gasteiger partial charge is 0.203 e. The van der Waals surface area contributed by atoms with Crippen molar-refractivity contribution in [2.45, 2.75) is 24.7 Å². The zero-order valence-electron chi connectivity index (χ0n) is 20.3. The van der Waals surface area contributed by atoms with Crippen LogP contribution in [0.2, 0.25) is 0 Å². The molecule has 0 amide bonds. The average Bonchev–Trinajstić information content (AvgIpc) is 3.33. The lowest BCUT2D eigenvalue weighted by Crippen LogP contribution is -2.14. The standard InChI is InChI=1S/C26H30O8/c1-29-19-7-13(8-20(30-2)25(19)33-5)23-15-11-18(28)24(16(15)12-17(23)27)14-9-21(31-3)26(34-6)22(10-14)32-4/h7-10,15-16,23-24H,11-12H2,1-6H3/t15-,16-,23+,24+/m0/s1. The number of rotatable bonds is 8. The van der Waals surface area contributed by atoms with Gasteiger partial charge in [-0.3, -0.25) is 9.59 Å². The first-order valence-electron chi connectivity index (χ1n) is 11.1. The van der Waals surface area contributed by atoms with Gasteiger partial charge in [-0.05, 0) is 47.2 Å². The van der Waals surface area contributed by atoms with Crippen LogP contribution >= 0.6 is 0 Å². The largest absolute Gasteiger partial charge is 0.493 e. The highest BCUT2D eigenvalue weighted by molar-refractivity contribution is 5.97. The average molecular weight is 471 g/mol. The van der Waals surface area contributed by atoms with Crippen LogP contribution in [0, 0.1) is 11.8 Å². The van der Waals surface area contributed by atoms with Crippen LogP contribution < -0.4 is 28.4 Å². The lowest BCUT2D eigenvalue weighted by molar-refractivity contribution is -0.121. The summed E-state index contributed by atoms with van der Waals surface area (Å²) in [5.41, 5.74) is 1.54. The van der Waals surface area contributed by atoms with Gasteiger partial charge in [-0.15, -0.1) is 0 Å². The van der Waals surface area contributed by atoms with E-state index >= 15 is 0 Å². The molecule has 4 atom stereocenters. The Kier molecular flexibility index (Phi) is 6.59. The fraction of sp³-hybridized carbons (Fsp3) is 0.462. The molecular weight excluding hydrogens is 440 g/mol. The summed E-state index contributed by atoms with van der Waals surface area (Å²) >= 11 is 0. The fourth-order valence-electron chi connectivity index (χ4n) is 5.66. The van der Waals surface area contributed by atoms with Gasteiger partial charge in [-0.1, -0.05) is 0 Å². The number of methoxy groups -OCH3 is 6. The van der Waals surface area contributed by atoms with Crippen LogP contribution in [0.25, 0.3) is 0 Å². The van der Waals surface area contributed by atoms with Crippen molar-refractivity contribution in [1.29, 1.82) is 0 Å². The molecule has 2 aliphatic carbocycles. The molecule has 0 radical (unpaired) electrons. The van der Waals surface area contributed by atoms with Crippen LogP contribution in [-0.4, -0.2) is 54.2 Å². The van der Waals surface area contributed by atoms with E-state index in [1.54, 1.807) is 28.4 Å². The van der Waals surface area contributed by atoms with Crippen molar-refractivity contribution >= 4 is 11.6 Å². The number of hydrogen-bond acceptors (Lipinski definition) is 8. The molecule has 8 heteroatoms. The van der Waals surface area contributed by atoms with Crippen molar-refractivity contribution in [2.24, 2.45) is 11.8 Å². The van der Waals surface area contributed by atoms with Crippen molar-refractivity contribution in [2.75, 3.05) is 42.7 Å². The van der Waals surface area contributed by atoms with Gasteiger partial charge in [0.15, 0.2) is 23.0 Å². The molecule has 0 bridgehead atoms. The van der Waals surface area contributed by atoms with Gasteiger partial charge >= 0.3 is 0 Å². The number of fused-ring (bicyclic) bond motifs is 1. The minimum atomic E-state index is -0.422. The molecule has 2 saturated carbocycles. The molecule has 0 N–H and O–H groups in total. The lowest BCUT2D eigenvalue weighted by Gasteiger charge is -2.22. The molecule has 34 heavy (non-hydrogen) atoms. The third kappa shape index (κ3) is 3.71. The summed E-state index contributed by atoms with van der Waals surface area (Å²) in [6, 6.07) is 7.24. The van der Waals surface area contributed by atoms with Crippen molar-refractivity contribution in [3.63, 3.8) is 0 Å². The second-order valence-corrected chi connectivity index (χ2v) is 8.54.